The Morgan fingerprint density at radius 3 is 2.50 bits per heavy atom. The van der Waals surface area contributed by atoms with Gasteiger partial charge in [0.2, 0.25) is 0 Å². The van der Waals surface area contributed by atoms with Crippen LogP contribution in [0.1, 0.15) is 37.9 Å². The standard InChI is InChI=1S/C13H23N3/c1-4-11(5-2)9-15-13-7-6-12(8-14)10(3)16-13/h6-7,11H,4-5,8-9,14H2,1-3H3,(H,15,16). The number of hydrogen-bond donors (Lipinski definition) is 2. The lowest BCUT2D eigenvalue weighted by atomic mass is 10.0. The molecule has 0 saturated heterocycles. The maximum absolute atomic E-state index is 5.61. The van der Waals surface area contributed by atoms with E-state index in [9.17, 15) is 0 Å². The maximum Gasteiger partial charge on any atom is 0.126 e. The highest BCUT2D eigenvalue weighted by Crippen LogP contribution is 2.12. The lowest BCUT2D eigenvalue weighted by Crippen LogP contribution is -2.14. The van der Waals surface area contributed by atoms with Gasteiger partial charge in [0.1, 0.15) is 5.82 Å². The average molecular weight is 221 g/mol. The van der Waals surface area contributed by atoms with Crippen molar-refractivity contribution in [3.05, 3.63) is 23.4 Å². The summed E-state index contributed by atoms with van der Waals surface area (Å²) in [6.07, 6.45) is 2.42. The Bertz CT molecular complexity index is 319. The Hall–Kier alpha value is -1.09. The smallest absolute Gasteiger partial charge is 0.126 e. The number of aryl methyl sites for hydroxylation is 1. The van der Waals surface area contributed by atoms with Gasteiger partial charge in [-0.3, -0.25) is 0 Å². The third-order valence-electron chi connectivity index (χ3n) is 3.14. The van der Waals surface area contributed by atoms with Gasteiger partial charge in [0.25, 0.3) is 0 Å². The van der Waals surface area contributed by atoms with Gasteiger partial charge in [-0.1, -0.05) is 32.8 Å². The normalized spacial score (nSPS) is 10.8. The van der Waals surface area contributed by atoms with Gasteiger partial charge < -0.3 is 11.1 Å². The Kier molecular flexibility index (Phi) is 5.26. The molecule has 90 valence electrons. The molecule has 1 aromatic heterocycles. The van der Waals surface area contributed by atoms with Gasteiger partial charge in [-0.25, -0.2) is 4.98 Å². The number of nitrogens with two attached hydrogens (primary N) is 1. The van der Waals surface area contributed by atoms with Crippen LogP contribution in [0.4, 0.5) is 5.82 Å². The summed E-state index contributed by atoms with van der Waals surface area (Å²) in [5.74, 6) is 1.69. The summed E-state index contributed by atoms with van der Waals surface area (Å²) in [5, 5.41) is 3.39. The number of nitrogens with zero attached hydrogens (tertiary/aromatic N) is 1. The van der Waals surface area contributed by atoms with E-state index >= 15 is 0 Å². The molecule has 1 aromatic rings. The van der Waals surface area contributed by atoms with Gasteiger partial charge in [0.05, 0.1) is 0 Å². The number of aromatic nitrogens is 1. The van der Waals surface area contributed by atoms with E-state index in [1.807, 2.05) is 13.0 Å². The lowest BCUT2D eigenvalue weighted by molar-refractivity contribution is 0.518. The van der Waals surface area contributed by atoms with Crippen LogP contribution in [-0.4, -0.2) is 11.5 Å². The first-order valence-electron chi connectivity index (χ1n) is 6.11. The second-order valence-electron chi connectivity index (χ2n) is 4.21. The molecule has 3 nitrogen and oxygen atoms in total. The molecule has 0 aromatic carbocycles. The fraction of sp³-hybridized carbons (Fsp3) is 0.615. The van der Waals surface area contributed by atoms with Gasteiger partial charge in [-0.2, -0.15) is 0 Å². The molecule has 1 heterocycles. The molecule has 0 saturated carbocycles. The van der Waals surface area contributed by atoms with E-state index in [0.717, 1.165) is 29.5 Å². The zero-order valence-electron chi connectivity index (χ0n) is 10.6. The molecule has 0 aliphatic carbocycles. The minimum absolute atomic E-state index is 0.561. The predicted octanol–water partition coefficient (Wildman–Crippen LogP) is 2.70. The summed E-state index contributed by atoms with van der Waals surface area (Å²) in [6, 6.07) is 4.06. The lowest BCUT2D eigenvalue weighted by Gasteiger charge is -2.14. The average Bonchev–Trinajstić information content (AvgIpc) is 2.30. The first-order chi connectivity index (χ1) is 7.71. The van der Waals surface area contributed by atoms with Crippen LogP contribution in [0.2, 0.25) is 0 Å². The topological polar surface area (TPSA) is 50.9 Å². The summed E-state index contributed by atoms with van der Waals surface area (Å²) >= 11 is 0. The maximum atomic E-state index is 5.61. The fourth-order valence-electron chi connectivity index (χ4n) is 1.73. The Balaban J connectivity index is 2.58. The SMILES string of the molecule is CCC(CC)CNc1ccc(CN)c(C)n1. The van der Waals surface area contributed by atoms with Crippen molar-refractivity contribution in [3.63, 3.8) is 0 Å². The molecule has 0 aliphatic rings. The van der Waals surface area contributed by atoms with Crippen LogP contribution in [-0.2, 0) is 6.54 Å². The third kappa shape index (κ3) is 3.49. The predicted molar refractivity (Wildman–Crippen MR) is 69.4 cm³/mol. The van der Waals surface area contributed by atoms with Crippen molar-refractivity contribution in [2.75, 3.05) is 11.9 Å². The van der Waals surface area contributed by atoms with Crippen LogP contribution in [0.5, 0.6) is 0 Å². The number of rotatable bonds is 6. The van der Waals surface area contributed by atoms with Crippen molar-refractivity contribution < 1.29 is 0 Å². The van der Waals surface area contributed by atoms with Gasteiger partial charge in [-0.15, -0.1) is 0 Å². The molecule has 0 radical (unpaired) electrons. The van der Waals surface area contributed by atoms with Crippen molar-refractivity contribution in [2.45, 2.75) is 40.2 Å². The fourth-order valence-corrected chi connectivity index (χ4v) is 1.73. The number of hydrogen-bond acceptors (Lipinski definition) is 3. The van der Waals surface area contributed by atoms with Crippen molar-refractivity contribution in [1.82, 2.24) is 4.98 Å². The second-order valence-corrected chi connectivity index (χ2v) is 4.21. The molecule has 3 N–H and O–H groups in total. The molecule has 3 heteroatoms. The van der Waals surface area contributed by atoms with Crippen LogP contribution in [0.15, 0.2) is 12.1 Å². The zero-order valence-corrected chi connectivity index (χ0v) is 10.6. The Morgan fingerprint density at radius 2 is 2.00 bits per heavy atom. The van der Waals surface area contributed by atoms with Gasteiger partial charge in [0.15, 0.2) is 0 Å². The summed E-state index contributed by atoms with van der Waals surface area (Å²) in [6.45, 7) is 8.02. The number of anilines is 1. The first kappa shape index (κ1) is 13.0. The van der Waals surface area contributed by atoms with E-state index in [-0.39, 0.29) is 0 Å². The summed E-state index contributed by atoms with van der Waals surface area (Å²) in [7, 11) is 0. The monoisotopic (exact) mass is 221 g/mol. The number of nitrogens with one attached hydrogen (secondary N) is 1. The molecule has 0 amide bonds. The molecule has 0 spiro atoms. The summed E-state index contributed by atoms with van der Waals surface area (Å²) in [5.41, 5.74) is 7.75. The van der Waals surface area contributed by atoms with E-state index in [1.165, 1.54) is 12.8 Å². The molecular formula is C13H23N3. The highest BCUT2D eigenvalue weighted by atomic mass is 15.0. The van der Waals surface area contributed by atoms with Gasteiger partial charge in [-0.05, 0) is 24.5 Å². The second kappa shape index (κ2) is 6.48. The Morgan fingerprint density at radius 1 is 1.31 bits per heavy atom. The molecule has 0 aliphatic heterocycles. The van der Waals surface area contributed by atoms with Crippen LogP contribution in [0, 0.1) is 12.8 Å². The van der Waals surface area contributed by atoms with Crippen LogP contribution in [0.3, 0.4) is 0 Å². The first-order valence-corrected chi connectivity index (χ1v) is 6.11. The van der Waals surface area contributed by atoms with E-state index in [1.54, 1.807) is 0 Å². The van der Waals surface area contributed by atoms with E-state index in [4.69, 9.17) is 5.73 Å². The van der Waals surface area contributed by atoms with Crippen LogP contribution >= 0.6 is 0 Å². The summed E-state index contributed by atoms with van der Waals surface area (Å²) < 4.78 is 0. The largest absolute Gasteiger partial charge is 0.370 e. The van der Waals surface area contributed by atoms with Gasteiger partial charge >= 0.3 is 0 Å². The molecule has 0 fully saturated rings. The van der Waals surface area contributed by atoms with E-state index in [2.05, 4.69) is 30.2 Å². The van der Waals surface area contributed by atoms with Crippen molar-refractivity contribution >= 4 is 5.82 Å². The summed E-state index contributed by atoms with van der Waals surface area (Å²) in [4.78, 5) is 4.49. The highest BCUT2D eigenvalue weighted by molar-refractivity contribution is 5.38. The molecule has 0 bridgehead atoms. The van der Waals surface area contributed by atoms with Crippen LogP contribution in [0.25, 0.3) is 0 Å². The molecule has 16 heavy (non-hydrogen) atoms. The van der Waals surface area contributed by atoms with Gasteiger partial charge in [0, 0.05) is 18.8 Å². The number of pyridine rings is 1. The van der Waals surface area contributed by atoms with Crippen molar-refractivity contribution in [2.24, 2.45) is 11.7 Å². The van der Waals surface area contributed by atoms with Crippen molar-refractivity contribution in [3.8, 4) is 0 Å². The third-order valence-corrected chi connectivity index (χ3v) is 3.14. The quantitative estimate of drug-likeness (QED) is 0.776. The molecule has 0 atom stereocenters. The van der Waals surface area contributed by atoms with Crippen LogP contribution < -0.4 is 11.1 Å². The van der Waals surface area contributed by atoms with Crippen molar-refractivity contribution in [1.29, 1.82) is 0 Å². The highest BCUT2D eigenvalue weighted by Gasteiger charge is 2.04. The molecule has 1 rings (SSSR count). The Labute approximate surface area is 98.5 Å². The zero-order chi connectivity index (χ0) is 12.0. The minimum Gasteiger partial charge on any atom is -0.370 e. The molecular weight excluding hydrogens is 198 g/mol. The molecule has 0 unspecified atom stereocenters. The van der Waals surface area contributed by atoms with E-state index in [0.29, 0.717) is 6.54 Å². The van der Waals surface area contributed by atoms with E-state index < -0.39 is 0 Å². The minimum atomic E-state index is 0.561.